The van der Waals surface area contributed by atoms with E-state index in [0.29, 0.717) is 11.8 Å². The van der Waals surface area contributed by atoms with Gasteiger partial charge in [-0.1, -0.05) is 0 Å². The second-order valence-corrected chi connectivity index (χ2v) is 7.58. The molecule has 2 rings (SSSR count). The molecule has 0 aromatic heterocycles. The quantitative estimate of drug-likeness (QED) is 0.181. The van der Waals surface area contributed by atoms with Crippen molar-refractivity contribution in [3.8, 4) is 0 Å². The van der Waals surface area contributed by atoms with Crippen molar-refractivity contribution < 1.29 is 14.2 Å². The van der Waals surface area contributed by atoms with E-state index in [1.165, 1.54) is 12.8 Å². The minimum Gasteiger partial charge on any atom is -0.383 e. The molecule has 1 atom stereocenters. The summed E-state index contributed by atoms with van der Waals surface area (Å²) < 4.78 is 16.3. The molecular weight excluding hydrogens is 471 g/mol. The van der Waals surface area contributed by atoms with E-state index in [2.05, 4.69) is 22.5 Å². The van der Waals surface area contributed by atoms with Gasteiger partial charge in [-0.2, -0.15) is 0 Å². The molecule has 2 saturated heterocycles. The van der Waals surface area contributed by atoms with E-state index in [9.17, 15) is 0 Å². The molecule has 0 aliphatic carbocycles. The van der Waals surface area contributed by atoms with Gasteiger partial charge in [-0.3, -0.25) is 4.99 Å². The number of ether oxygens (including phenoxy) is 3. The summed E-state index contributed by atoms with van der Waals surface area (Å²) in [6, 6.07) is 0. The van der Waals surface area contributed by atoms with Gasteiger partial charge in [-0.15, -0.1) is 24.0 Å². The Labute approximate surface area is 188 Å². The van der Waals surface area contributed by atoms with Gasteiger partial charge >= 0.3 is 0 Å². The smallest absolute Gasteiger partial charge is 0.191 e. The topological polar surface area (TPSA) is 67.4 Å². The summed E-state index contributed by atoms with van der Waals surface area (Å²) in [6.45, 7) is 12.4. The molecule has 0 aromatic rings. The van der Waals surface area contributed by atoms with Crippen LogP contribution in [0.25, 0.3) is 0 Å². The lowest BCUT2D eigenvalue weighted by Crippen LogP contribution is -2.39. The van der Waals surface area contributed by atoms with Crippen LogP contribution in [0, 0.1) is 11.8 Å². The molecule has 0 bridgehead atoms. The van der Waals surface area contributed by atoms with Gasteiger partial charge in [-0.25, -0.2) is 0 Å². The molecule has 2 aliphatic heterocycles. The zero-order valence-corrected chi connectivity index (χ0v) is 20.1. The Hall–Kier alpha value is -0.160. The van der Waals surface area contributed by atoms with Crippen LogP contribution >= 0.6 is 24.0 Å². The van der Waals surface area contributed by atoms with Crippen LogP contribution < -0.4 is 10.6 Å². The van der Waals surface area contributed by atoms with E-state index in [-0.39, 0.29) is 24.0 Å². The Kier molecular flexibility index (Phi) is 15.4. The van der Waals surface area contributed by atoms with Crippen LogP contribution in [0.3, 0.4) is 0 Å². The number of methoxy groups -OCH3 is 1. The van der Waals surface area contributed by atoms with Gasteiger partial charge in [0.15, 0.2) is 5.96 Å². The number of hydrogen-bond acceptors (Lipinski definition) is 5. The molecule has 28 heavy (non-hydrogen) atoms. The first-order valence-corrected chi connectivity index (χ1v) is 10.7. The number of likely N-dealkylation sites (tertiary alicyclic amines) is 1. The molecular formula is C20H41IN4O3. The summed E-state index contributed by atoms with van der Waals surface area (Å²) in [6.07, 6.45) is 4.59. The van der Waals surface area contributed by atoms with Crippen molar-refractivity contribution in [2.45, 2.75) is 32.6 Å². The number of guanidine groups is 1. The Morgan fingerprint density at radius 3 is 2.64 bits per heavy atom. The minimum absolute atomic E-state index is 0. The third-order valence-electron chi connectivity index (χ3n) is 5.31. The molecule has 0 amide bonds. The van der Waals surface area contributed by atoms with Gasteiger partial charge in [-0.05, 0) is 51.6 Å². The largest absolute Gasteiger partial charge is 0.383 e. The summed E-state index contributed by atoms with van der Waals surface area (Å²) in [5, 5.41) is 6.78. The zero-order chi connectivity index (χ0) is 19.2. The first-order chi connectivity index (χ1) is 13.3. The van der Waals surface area contributed by atoms with Gasteiger partial charge in [0.25, 0.3) is 0 Å². The Morgan fingerprint density at radius 1 is 1.14 bits per heavy atom. The molecule has 0 radical (unpaired) electrons. The van der Waals surface area contributed by atoms with Crippen LogP contribution in [0.4, 0.5) is 0 Å². The fraction of sp³-hybridized carbons (Fsp3) is 0.950. The van der Waals surface area contributed by atoms with Crippen LogP contribution in [0.2, 0.25) is 0 Å². The standard InChI is InChI=1S/C20H40N4O3.HI/c1-3-21-20(22-8-4-12-26-16-19-7-13-27-17-19)23-15-18-5-9-24(10-6-18)11-14-25-2;/h18-19H,3-17H2,1-2H3,(H2,21,22,23);1H. The molecule has 2 fully saturated rings. The Balaban J connectivity index is 0.00000392. The summed E-state index contributed by atoms with van der Waals surface area (Å²) >= 11 is 0. The number of aliphatic imine (C=N–C) groups is 1. The molecule has 1 unspecified atom stereocenters. The first kappa shape index (κ1) is 25.9. The van der Waals surface area contributed by atoms with E-state index in [1.807, 2.05) is 0 Å². The fourth-order valence-electron chi connectivity index (χ4n) is 3.52. The van der Waals surface area contributed by atoms with Crippen LogP contribution in [0.15, 0.2) is 4.99 Å². The van der Waals surface area contributed by atoms with Crippen molar-refractivity contribution in [2.24, 2.45) is 16.8 Å². The number of hydrogen-bond donors (Lipinski definition) is 2. The minimum atomic E-state index is 0. The second kappa shape index (κ2) is 16.6. The monoisotopic (exact) mass is 512 g/mol. The van der Waals surface area contributed by atoms with Gasteiger partial charge in [0.1, 0.15) is 0 Å². The van der Waals surface area contributed by atoms with Gasteiger partial charge in [0.2, 0.25) is 0 Å². The van der Waals surface area contributed by atoms with Crippen LogP contribution in [0.1, 0.15) is 32.6 Å². The average Bonchev–Trinajstić information content (AvgIpc) is 3.21. The highest BCUT2D eigenvalue weighted by atomic mass is 127. The molecule has 2 heterocycles. The van der Waals surface area contributed by atoms with Crippen molar-refractivity contribution >= 4 is 29.9 Å². The number of nitrogens with one attached hydrogen (secondary N) is 2. The number of rotatable bonds is 12. The van der Waals surface area contributed by atoms with E-state index < -0.39 is 0 Å². The number of piperidine rings is 1. The number of nitrogens with zero attached hydrogens (tertiary/aromatic N) is 2. The van der Waals surface area contributed by atoms with Crippen molar-refractivity contribution in [3.63, 3.8) is 0 Å². The van der Waals surface area contributed by atoms with Crippen molar-refractivity contribution in [1.82, 2.24) is 15.5 Å². The first-order valence-electron chi connectivity index (χ1n) is 10.7. The summed E-state index contributed by atoms with van der Waals surface area (Å²) in [4.78, 5) is 7.29. The SMILES string of the molecule is CCNC(=NCC1CCN(CCOC)CC1)NCCCOCC1CCOC1.I. The third-order valence-corrected chi connectivity index (χ3v) is 5.31. The fourth-order valence-corrected chi connectivity index (χ4v) is 3.52. The highest BCUT2D eigenvalue weighted by Crippen LogP contribution is 2.17. The average molecular weight is 512 g/mol. The van der Waals surface area contributed by atoms with Crippen molar-refractivity contribution in [3.05, 3.63) is 0 Å². The van der Waals surface area contributed by atoms with Gasteiger partial charge < -0.3 is 29.7 Å². The highest BCUT2D eigenvalue weighted by molar-refractivity contribution is 14.0. The Bertz CT molecular complexity index is 401. The van der Waals surface area contributed by atoms with Crippen LogP contribution in [-0.4, -0.2) is 90.3 Å². The Morgan fingerprint density at radius 2 is 1.96 bits per heavy atom. The molecule has 2 N–H and O–H groups in total. The molecule has 8 heteroatoms. The maximum atomic E-state index is 5.76. The molecule has 0 aromatic carbocycles. The lowest BCUT2D eigenvalue weighted by atomic mass is 9.97. The summed E-state index contributed by atoms with van der Waals surface area (Å²) in [5.41, 5.74) is 0. The maximum absolute atomic E-state index is 5.76. The maximum Gasteiger partial charge on any atom is 0.191 e. The van der Waals surface area contributed by atoms with Gasteiger partial charge in [0.05, 0.1) is 19.8 Å². The molecule has 166 valence electrons. The predicted octanol–water partition coefficient (Wildman–Crippen LogP) is 1.96. The third kappa shape index (κ3) is 11.1. The highest BCUT2D eigenvalue weighted by Gasteiger charge is 2.18. The molecule has 0 spiro atoms. The van der Waals surface area contributed by atoms with Gasteiger partial charge in [0, 0.05) is 52.4 Å². The molecule has 7 nitrogen and oxygen atoms in total. The predicted molar refractivity (Wildman–Crippen MR) is 125 cm³/mol. The molecule has 2 aliphatic rings. The zero-order valence-electron chi connectivity index (χ0n) is 17.8. The van der Waals surface area contributed by atoms with E-state index in [0.717, 1.165) is 91.1 Å². The molecule has 0 saturated carbocycles. The van der Waals surface area contributed by atoms with E-state index in [1.54, 1.807) is 7.11 Å². The van der Waals surface area contributed by atoms with Crippen LogP contribution in [0.5, 0.6) is 0 Å². The van der Waals surface area contributed by atoms with Crippen molar-refractivity contribution in [2.75, 3.05) is 79.4 Å². The normalized spacial score (nSPS) is 21.5. The van der Waals surface area contributed by atoms with Crippen molar-refractivity contribution in [1.29, 1.82) is 0 Å². The lowest BCUT2D eigenvalue weighted by Gasteiger charge is -2.31. The van der Waals surface area contributed by atoms with E-state index >= 15 is 0 Å². The second-order valence-electron chi connectivity index (χ2n) is 7.58. The summed E-state index contributed by atoms with van der Waals surface area (Å²) in [7, 11) is 1.77. The lowest BCUT2D eigenvalue weighted by molar-refractivity contribution is 0.0888. The van der Waals surface area contributed by atoms with E-state index in [4.69, 9.17) is 19.2 Å². The number of halogens is 1. The summed E-state index contributed by atoms with van der Waals surface area (Å²) in [5.74, 6) is 2.22. The van der Waals surface area contributed by atoms with Crippen LogP contribution in [-0.2, 0) is 14.2 Å².